The molecule has 0 radical (unpaired) electrons. The predicted molar refractivity (Wildman–Crippen MR) is 113 cm³/mol. The number of Topliss-reactive ketones (excluding diaryl/α,β-unsaturated/α-hetero) is 1. The van der Waals surface area contributed by atoms with E-state index in [9.17, 15) is 9.90 Å². The Kier molecular flexibility index (Phi) is 5.31. The number of aromatic hydroxyl groups is 1. The quantitative estimate of drug-likeness (QED) is 0.442. The molecule has 1 heterocycles. The highest BCUT2D eigenvalue weighted by molar-refractivity contribution is 6.01. The molecule has 0 aliphatic heterocycles. The van der Waals surface area contributed by atoms with Crippen molar-refractivity contribution in [1.29, 1.82) is 0 Å². The van der Waals surface area contributed by atoms with Gasteiger partial charge in [-0.2, -0.15) is 4.98 Å². The Bertz CT molecular complexity index is 998. The lowest BCUT2D eigenvalue weighted by Crippen LogP contribution is -2.21. The number of nitrogens with zero attached hydrogens (tertiary/aromatic N) is 2. The number of phenols is 1. The minimum atomic E-state index is -0.465. The van der Waals surface area contributed by atoms with Crippen LogP contribution in [0.3, 0.4) is 0 Å². The molecule has 0 saturated heterocycles. The summed E-state index contributed by atoms with van der Waals surface area (Å²) < 4.78 is 5.75. The maximum Gasteiger partial charge on any atom is 0.300 e. The van der Waals surface area contributed by atoms with E-state index in [2.05, 4.69) is 29.0 Å². The number of hydrogen-bond donors (Lipinski definition) is 2. The van der Waals surface area contributed by atoms with Crippen LogP contribution in [0.25, 0.3) is 11.1 Å². The van der Waals surface area contributed by atoms with Gasteiger partial charge in [-0.15, -0.1) is 0 Å². The SMILES string of the molecule is CCN(CC)c1ccc(Nc2nc3ccc(C(=O)C(C)(C)C)cc3o2)c(O)c1. The Morgan fingerprint density at radius 3 is 2.46 bits per heavy atom. The summed E-state index contributed by atoms with van der Waals surface area (Å²) in [6, 6.07) is 11.0. The van der Waals surface area contributed by atoms with Crippen LogP contribution in [-0.2, 0) is 0 Å². The zero-order chi connectivity index (χ0) is 20.5. The second kappa shape index (κ2) is 7.54. The van der Waals surface area contributed by atoms with Crippen LogP contribution in [0.5, 0.6) is 5.75 Å². The Labute approximate surface area is 165 Å². The molecule has 3 aromatic rings. The number of benzene rings is 2. The fourth-order valence-corrected chi connectivity index (χ4v) is 3.08. The van der Waals surface area contributed by atoms with Crippen LogP contribution in [0.15, 0.2) is 40.8 Å². The number of nitrogens with one attached hydrogen (secondary N) is 1. The van der Waals surface area contributed by atoms with Gasteiger partial charge in [0.1, 0.15) is 11.3 Å². The molecule has 3 rings (SSSR count). The minimum Gasteiger partial charge on any atom is -0.506 e. The van der Waals surface area contributed by atoms with Crippen LogP contribution in [-0.4, -0.2) is 29.0 Å². The van der Waals surface area contributed by atoms with Gasteiger partial charge in [-0.05, 0) is 44.2 Å². The van der Waals surface area contributed by atoms with Crippen molar-refractivity contribution in [2.45, 2.75) is 34.6 Å². The maximum atomic E-state index is 12.5. The van der Waals surface area contributed by atoms with Gasteiger partial charge in [-0.3, -0.25) is 4.79 Å². The van der Waals surface area contributed by atoms with Gasteiger partial charge in [0.2, 0.25) is 0 Å². The first kappa shape index (κ1) is 19.7. The number of aromatic nitrogens is 1. The molecule has 148 valence electrons. The lowest BCUT2D eigenvalue weighted by atomic mass is 9.86. The lowest BCUT2D eigenvalue weighted by Gasteiger charge is -2.21. The van der Waals surface area contributed by atoms with E-state index in [1.54, 1.807) is 30.3 Å². The minimum absolute atomic E-state index is 0.0462. The fourth-order valence-electron chi connectivity index (χ4n) is 3.08. The van der Waals surface area contributed by atoms with Gasteiger partial charge in [0.25, 0.3) is 6.01 Å². The molecule has 0 bridgehead atoms. The number of anilines is 3. The number of phenolic OH excluding ortho intramolecular Hbond substituents is 1. The van der Waals surface area contributed by atoms with Crippen molar-refractivity contribution in [1.82, 2.24) is 4.98 Å². The number of hydrogen-bond acceptors (Lipinski definition) is 6. The monoisotopic (exact) mass is 381 g/mol. The second-order valence-corrected chi connectivity index (χ2v) is 7.78. The van der Waals surface area contributed by atoms with Crippen LogP contribution in [0.1, 0.15) is 45.0 Å². The first-order valence-corrected chi connectivity index (χ1v) is 9.53. The molecule has 0 atom stereocenters. The second-order valence-electron chi connectivity index (χ2n) is 7.78. The Morgan fingerprint density at radius 1 is 1.14 bits per heavy atom. The highest BCUT2D eigenvalue weighted by Crippen LogP contribution is 2.32. The largest absolute Gasteiger partial charge is 0.506 e. The molecule has 1 aromatic heterocycles. The van der Waals surface area contributed by atoms with Crippen LogP contribution >= 0.6 is 0 Å². The Hall–Kier alpha value is -3.02. The van der Waals surface area contributed by atoms with E-state index in [1.165, 1.54) is 0 Å². The predicted octanol–water partition coefficient (Wildman–Crippen LogP) is 5.35. The smallest absolute Gasteiger partial charge is 0.300 e. The number of carbonyl (C=O) groups is 1. The molecular weight excluding hydrogens is 354 g/mol. The number of rotatable bonds is 6. The molecule has 2 aromatic carbocycles. The van der Waals surface area contributed by atoms with Gasteiger partial charge in [-0.1, -0.05) is 20.8 Å². The highest BCUT2D eigenvalue weighted by Gasteiger charge is 2.23. The van der Waals surface area contributed by atoms with E-state index in [0.717, 1.165) is 18.8 Å². The number of ketones is 1. The fraction of sp³-hybridized carbons (Fsp3) is 0.364. The molecule has 28 heavy (non-hydrogen) atoms. The average Bonchev–Trinajstić information content (AvgIpc) is 3.05. The molecule has 2 N–H and O–H groups in total. The first-order chi connectivity index (χ1) is 13.2. The summed E-state index contributed by atoms with van der Waals surface area (Å²) in [6.45, 7) is 11.5. The number of fused-ring (bicyclic) bond motifs is 1. The molecule has 0 fully saturated rings. The van der Waals surface area contributed by atoms with Crippen LogP contribution in [0.4, 0.5) is 17.4 Å². The molecule has 0 spiro atoms. The summed E-state index contributed by atoms with van der Waals surface area (Å²) in [7, 11) is 0. The normalized spacial score (nSPS) is 11.6. The highest BCUT2D eigenvalue weighted by atomic mass is 16.4. The average molecular weight is 381 g/mol. The number of carbonyl (C=O) groups excluding carboxylic acids is 1. The molecule has 6 nitrogen and oxygen atoms in total. The summed E-state index contributed by atoms with van der Waals surface area (Å²) in [5.74, 6) is 0.167. The summed E-state index contributed by atoms with van der Waals surface area (Å²) in [5, 5.41) is 13.4. The van der Waals surface area contributed by atoms with Crippen molar-refractivity contribution in [2.75, 3.05) is 23.3 Å². The van der Waals surface area contributed by atoms with E-state index in [1.807, 2.05) is 26.8 Å². The van der Waals surface area contributed by atoms with Gasteiger partial charge in [0.05, 0.1) is 5.69 Å². The van der Waals surface area contributed by atoms with Gasteiger partial charge < -0.3 is 19.7 Å². The van der Waals surface area contributed by atoms with E-state index < -0.39 is 5.41 Å². The van der Waals surface area contributed by atoms with Crippen LogP contribution in [0, 0.1) is 5.41 Å². The zero-order valence-corrected chi connectivity index (χ0v) is 17.0. The van der Waals surface area contributed by atoms with Gasteiger partial charge in [-0.25, -0.2) is 0 Å². The van der Waals surface area contributed by atoms with Crippen LogP contribution in [0.2, 0.25) is 0 Å². The van der Waals surface area contributed by atoms with Crippen molar-refractivity contribution in [3.63, 3.8) is 0 Å². The molecule has 0 saturated carbocycles. The van der Waals surface area contributed by atoms with Crippen molar-refractivity contribution < 1.29 is 14.3 Å². The van der Waals surface area contributed by atoms with E-state index >= 15 is 0 Å². The van der Waals surface area contributed by atoms with Crippen molar-refractivity contribution >= 4 is 34.3 Å². The topological polar surface area (TPSA) is 78.6 Å². The van der Waals surface area contributed by atoms with E-state index in [4.69, 9.17) is 4.42 Å². The standard InChI is InChI=1S/C22H27N3O3/c1-6-25(7-2)15-9-11-16(18(26)13-15)23-21-24-17-10-8-14(12-19(17)28-21)20(27)22(3,4)5/h8-13,26H,6-7H2,1-5H3,(H,23,24). The summed E-state index contributed by atoms with van der Waals surface area (Å²) >= 11 is 0. The number of oxazole rings is 1. The van der Waals surface area contributed by atoms with Gasteiger partial charge in [0.15, 0.2) is 11.4 Å². The van der Waals surface area contributed by atoms with Crippen molar-refractivity contribution in [2.24, 2.45) is 5.41 Å². The van der Waals surface area contributed by atoms with Crippen LogP contribution < -0.4 is 10.2 Å². The van der Waals surface area contributed by atoms with Gasteiger partial charge in [0, 0.05) is 35.8 Å². The van der Waals surface area contributed by atoms with E-state index in [0.29, 0.717) is 22.4 Å². The zero-order valence-electron chi connectivity index (χ0n) is 17.0. The summed E-state index contributed by atoms with van der Waals surface area (Å²) in [4.78, 5) is 19.0. The molecule has 0 amide bonds. The summed E-state index contributed by atoms with van der Waals surface area (Å²) in [5.41, 5.74) is 2.76. The van der Waals surface area contributed by atoms with Gasteiger partial charge >= 0.3 is 0 Å². The third-order valence-corrected chi connectivity index (χ3v) is 4.68. The Balaban J connectivity index is 1.86. The Morgan fingerprint density at radius 2 is 1.86 bits per heavy atom. The van der Waals surface area contributed by atoms with Crippen molar-refractivity contribution in [3.05, 3.63) is 42.0 Å². The molecular formula is C22H27N3O3. The first-order valence-electron chi connectivity index (χ1n) is 9.53. The van der Waals surface area contributed by atoms with Crippen molar-refractivity contribution in [3.8, 4) is 5.75 Å². The lowest BCUT2D eigenvalue weighted by molar-refractivity contribution is 0.0858. The molecule has 6 heteroatoms. The van der Waals surface area contributed by atoms with E-state index in [-0.39, 0.29) is 17.5 Å². The third-order valence-electron chi connectivity index (χ3n) is 4.68. The summed E-state index contributed by atoms with van der Waals surface area (Å²) in [6.07, 6.45) is 0. The molecule has 0 unspecified atom stereocenters. The molecule has 0 aliphatic carbocycles. The maximum absolute atomic E-state index is 12.5. The third kappa shape index (κ3) is 3.96. The molecule has 0 aliphatic rings.